The van der Waals surface area contributed by atoms with E-state index < -0.39 is 48.9 Å². The molecule has 0 unspecified atom stereocenters. The summed E-state index contributed by atoms with van der Waals surface area (Å²) in [5.41, 5.74) is 0.991. The van der Waals surface area contributed by atoms with E-state index in [1.54, 1.807) is 25.2 Å². The Hall–Kier alpha value is -3.96. The summed E-state index contributed by atoms with van der Waals surface area (Å²) in [6.07, 6.45) is -1.44. The summed E-state index contributed by atoms with van der Waals surface area (Å²) in [6.45, 7) is -0.530. The minimum atomic E-state index is -1.32. The van der Waals surface area contributed by atoms with Gasteiger partial charge in [0.25, 0.3) is 5.91 Å². The Bertz CT molecular complexity index is 1100. The highest BCUT2D eigenvalue weighted by atomic mass is 16.5. The van der Waals surface area contributed by atoms with Crippen LogP contribution in [0.15, 0.2) is 54.6 Å². The molecule has 0 aromatic heterocycles. The molecule has 2 aromatic rings. The number of nitrogens with one attached hydrogen (secondary N) is 3. The summed E-state index contributed by atoms with van der Waals surface area (Å²) in [6, 6.07) is 13.4. The summed E-state index contributed by atoms with van der Waals surface area (Å²) in [7, 11) is 1.60. The number of amides is 4. The number of hydrogen-bond acceptors (Lipinski definition) is 7. The maximum Gasteiger partial charge on any atom is 0.255 e. The highest BCUT2D eigenvalue weighted by Gasteiger charge is 2.30. The lowest BCUT2D eigenvalue weighted by atomic mass is 10.0. The second-order valence-corrected chi connectivity index (χ2v) is 8.73. The number of rotatable bonds is 6. The summed E-state index contributed by atoms with van der Waals surface area (Å²) >= 11 is 0. The third kappa shape index (κ3) is 8.02. The Morgan fingerprint density at radius 1 is 1.11 bits per heavy atom. The number of hydrogen-bond donors (Lipinski definition) is 5. The van der Waals surface area contributed by atoms with Crippen LogP contribution in [0, 0.1) is 0 Å². The monoisotopic (exact) mass is 512 g/mol. The minimum absolute atomic E-state index is 0.0987. The molecule has 11 nitrogen and oxygen atoms in total. The van der Waals surface area contributed by atoms with Crippen molar-refractivity contribution in [2.45, 2.75) is 31.0 Å². The number of para-hydroxylation sites is 1. The SMILES string of the molecule is CN1CCOc2ccccc2C(=O)N[C@H](C(=O)NC[C@@H](O)CO)CC(=O)N[C@@H](Cc2ccccc2)C1=O. The summed E-state index contributed by atoms with van der Waals surface area (Å²) < 4.78 is 5.78. The normalized spacial score (nSPS) is 20.0. The Labute approximate surface area is 214 Å². The fourth-order valence-corrected chi connectivity index (χ4v) is 3.79. The van der Waals surface area contributed by atoms with Crippen molar-refractivity contribution in [1.82, 2.24) is 20.9 Å². The first-order chi connectivity index (χ1) is 17.8. The van der Waals surface area contributed by atoms with Gasteiger partial charge < -0.3 is 35.8 Å². The first-order valence-corrected chi connectivity index (χ1v) is 12.0. The first-order valence-electron chi connectivity index (χ1n) is 12.0. The third-order valence-corrected chi connectivity index (χ3v) is 5.84. The van der Waals surface area contributed by atoms with Gasteiger partial charge in [-0.1, -0.05) is 42.5 Å². The van der Waals surface area contributed by atoms with Crippen molar-refractivity contribution < 1.29 is 34.1 Å². The Balaban J connectivity index is 1.89. The highest BCUT2D eigenvalue weighted by Crippen LogP contribution is 2.18. The number of likely N-dealkylation sites (N-methyl/N-ethyl adjacent to an activating group) is 1. The van der Waals surface area contributed by atoms with Crippen LogP contribution in [0.3, 0.4) is 0 Å². The largest absolute Gasteiger partial charge is 0.491 e. The van der Waals surface area contributed by atoms with Gasteiger partial charge in [0.2, 0.25) is 17.7 Å². The third-order valence-electron chi connectivity index (χ3n) is 5.84. The predicted octanol–water partition coefficient (Wildman–Crippen LogP) is -0.777. The average molecular weight is 513 g/mol. The molecule has 3 rings (SSSR count). The summed E-state index contributed by atoms with van der Waals surface area (Å²) in [5, 5.41) is 26.3. The molecule has 11 heteroatoms. The van der Waals surface area contributed by atoms with E-state index in [4.69, 9.17) is 9.84 Å². The average Bonchev–Trinajstić information content (AvgIpc) is 2.90. The number of ether oxygens (including phenoxy) is 1. The van der Waals surface area contributed by atoms with Gasteiger partial charge >= 0.3 is 0 Å². The van der Waals surface area contributed by atoms with Crippen molar-refractivity contribution in [2.75, 3.05) is 33.4 Å². The van der Waals surface area contributed by atoms with Crippen molar-refractivity contribution in [3.05, 3.63) is 65.7 Å². The molecule has 0 bridgehead atoms. The predicted molar refractivity (Wildman–Crippen MR) is 134 cm³/mol. The maximum atomic E-state index is 13.2. The Morgan fingerprint density at radius 3 is 2.54 bits per heavy atom. The topological polar surface area (TPSA) is 157 Å². The van der Waals surface area contributed by atoms with Gasteiger partial charge in [-0.15, -0.1) is 0 Å². The molecular weight excluding hydrogens is 480 g/mol. The molecule has 4 amide bonds. The van der Waals surface area contributed by atoms with E-state index in [0.29, 0.717) is 0 Å². The maximum absolute atomic E-state index is 13.2. The van der Waals surface area contributed by atoms with Gasteiger partial charge in [0.15, 0.2) is 0 Å². The van der Waals surface area contributed by atoms with E-state index in [1.165, 1.54) is 11.0 Å². The van der Waals surface area contributed by atoms with Crippen molar-refractivity contribution in [3.8, 4) is 5.75 Å². The van der Waals surface area contributed by atoms with E-state index in [9.17, 15) is 24.3 Å². The van der Waals surface area contributed by atoms with Crippen LogP contribution in [0.5, 0.6) is 5.75 Å². The smallest absolute Gasteiger partial charge is 0.255 e. The van der Waals surface area contributed by atoms with Gasteiger partial charge in [-0.25, -0.2) is 0 Å². The lowest BCUT2D eigenvalue weighted by Crippen LogP contribution is -2.53. The van der Waals surface area contributed by atoms with Gasteiger partial charge in [0.1, 0.15) is 24.4 Å². The molecule has 0 aliphatic carbocycles. The van der Waals surface area contributed by atoms with Crippen LogP contribution < -0.4 is 20.7 Å². The van der Waals surface area contributed by atoms with E-state index in [-0.39, 0.29) is 43.3 Å². The van der Waals surface area contributed by atoms with Gasteiger partial charge in [-0.2, -0.15) is 0 Å². The molecule has 5 N–H and O–H groups in total. The molecule has 1 aliphatic rings. The van der Waals surface area contributed by atoms with E-state index in [0.717, 1.165) is 5.56 Å². The molecular formula is C26H32N4O7. The zero-order valence-electron chi connectivity index (χ0n) is 20.6. The van der Waals surface area contributed by atoms with E-state index in [1.807, 2.05) is 30.3 Å². The molecule has 0 saturated carbocycles. The number of aliphatic hydroxyl groups is 2. The molecule has 3 atom stereocenters. The first kappa shape index (κ1) is 27.6. The molecule has 2 aromatic carbocycles. The number of carbonyl (C=O) groups is 4. The van der Waals surface area contributed by atoms with Crippen LogP contribution >= 0.6 is 0 Å². The Kier molecular flexibility index (Phi) is 9.99. The molecule has 0 radical (unpaired) electrons. The fourth-order valence-electron chi connectivity index (χ4n) is 3.79. The van der Waals surface area contributed by atoms with Crippen molar-refractivity contribution in [2.24, 2.45) is 0 Å². The van der Waals surface area contributed by atoms with Gasteiger partial charge in [0, 0.05) is 20.0 Å². The van der Waals surface area contributed by atoms with Gasteiger partial charge in [-0.3, -0.25) is 19.2 Å². The second-order valence-electron chi connectivity index (χ2n) is 8.73. The van der Waals surface area contributed by atoms with Crippen LogP contribution in [0.25, 0.3) is 0 Å². The lowest BCUT2D eigenvalue weighted by Gasteiger charge is -2.27. The number of fused-ring (bicyclic) bond motifs is 1. The summed E-state index contributed by atoms with van der Waals surface area (Å²) in [5.74, 6) is -2.05. The highest BCUT2D eigenvalue weighted by molar-refractivity contribution is 6.01. The quantitative estimate of drug-likeness (QED) is 0.340. The zero-order chi connectivity index (χ0) is 26.8. The van der Waals surface area contributed by atoms with Crippen LogP contribution in [-0.2, 0) is 20.8 Å². The lowest BCUT2D eigenvalue weighted by molar-refractivity contribution is -0.136. The fraction of sp³-hybridized carbons (Fsp3) is 0.385. The van der Waals surface area contributed by atoms with Crippen molar-refractivity contribution in [3.63, 3.8) is 0 Å². The van der Waals surface area contributed by atoms with E-state index in [2.05, 4.69) is 16.0 Å². The minimum Gasteiger partial charge on any atom is -0.491 e. The summed E-state index contributed by atoms with van der Waals surface area (Å²) in [4.78, 5) is 53.6. The van der Waals surface area contributed by atoms with Crippen LogP contribution in [0.4, 0.5) is 0 Å². The molecule has 1 heterocycles. The molecule has 0 saturated heterocycles. The van der Waals surface area contributed by atoms with Gasteiger partial charge in [-0.05, 0) is 17.7 Å². The van der Waals surface area contributed by atoms with Crippen LogP contribution in [0.2, 0.25) is 0 Å². The molecule has 1 aliphatic heterocycles. The Morgan fingerprint density at radius 2 is 1.81 bits per heavy atom. The number of carbonyl (C=O) groups excluding carboxylic acids is 4. The van der Waals surface area contributed by atoms with Crippen LogP contribution in [0.1, 0.15) is 22.3 Å². The second kappa shape index (κ2) is 13.4. The van der Waals surface area contributed by atoms with Gasteiger partial charge in [0.05, 0.1) is 31.2 Å². The van der Waals surface area contributed by atoms with Crippen molar-refractivity contribution >= 4 is 23.6 Å². The van der Waals surface area contributed by atoms with Crippen LogP contribution in [-0.4, -0.2) is 90.3 Å². The number of aliphatic hydroxyl groups excluding tert-OH is 2. The van der Waals surface area contributed by atoms with Crippen molar-refractivity contribution in [1.29, 1.82) is 0 Å². The zero-order valence-corrected chi connectivity index (χ0v) is 20.6. The molecule has 37 heavy (non-hydrogen) atoms. The standard InChI is InChI=1S/C26H32N4O7/c1-30-11-12-37-22-10-6-5-9-19(22)24(34)29-20(25(35)27-15-18(32)16-31)14-23(33)28-21(26(30)36)13-17-7-3-2-4-8-17/h2-10,18,20-21,31-32H,11-16H2,1H3,(H,27,35)(H,28,33)(H,29,34)/t18-,20+,21+/m1/s1. The molecule has 198 valence electrons. The van der Waals surface area contributed by atoms with E-state index >= 15 is 0 Å². The molecule has 0 fully saturated rings. The number of benzene rings is 2. The number of nitrogens with zero attached hydrogens (tertiary/aromatic N) is 1. The molecule has 0 spiro atoms.